The fourth-order valence-electron chi connectivity index (χ4n) is 2.85. The Labute approximate surface area is 133 Å². The molecule has 0 aromatic heterocycles. The zero-order valence-corrected chi connectivity index (χ0v) is 12.6. The fraction of sp³-hybridized carbons (Fsp3) is 0.235. The molecule has 23 heavy (non-hydrogen) atoms. The first kappa shape index (κ1) is 15.0. The predicted molar refractivity (Wildman–Crippen MR) is 85.7 cm³/mol. The van der Waals surface area contributed by atoms with Crippen LogP contribution in [0, 0.1) is 10.1 Å². The number of amides is 1. The van der Waals surface area contributed by atoms with E-state index in [-0.39, 0.29) is 24.2 Å². The normalized spacial score (nSPS) is 16.0. The van der Waals surface area contributed by atoms with Gasteiger partial charge < -0.3 is 9.64 Å². The van der Waals surface area contributed by atoms with Gasteiger partial charge in [0.05, 0.1) is 11.0 Å². The summed E-state index contributed by atoms with van der Waals surface area (Å²) in [4.78, 5) is 24.5. The van der Waals surface area contributed by atoms with Crippen molar-refractivity contribution in [2.45, 2.75) is 19.4 Å². The molecule has 6 nitrogen and oxygen atoms in total. The quantitative estimate of drug-likeness (QED) is 0.642. The molecule has 0 fully saturated rings. The number of nitro benzene ring substituents is 1. The van der Waals surface area contributed by atoms with E-state index in [2.05, 4.69) is 0 Å². The molecule has 0 saturated heterocycles. The van der Waals surface area contributed by atoms with Gasteiger partial charge in [0.2, 0.25) is 0 Å². The van der Waals surface area contributed by atoms with E-state index in [4.69, 9.17) is 4.74 Å². The van der Waals surface area contributed by atoms with Crippen molar-refractivity contribution in [1.29, 1.82) is 0 Å². The van der Waals surface area contributed by atoms with Crippen molar-refractivity contribution in [3.05, 3.63) is 64.2 Å². The van der Waals surface area contributed by atoms with E-state index in [1.807, 2.05) is 31.2 Å². The molecule has 2 aromatic rings. The van der Waals surface area contributed by atoms with Crippen molar-refractivity contribution < 1.29 is 14.5 Å². The van der Waals surface area contributed by atoms with Gasteiger partial charge >= 0.3 is 0 Å². The molecule has 1 heterocycles. The summed E-state index contributed by atoms with van der Waals surface area (Å²) in [5, 5.41) is 10.8. The van der Waals surface area contributed by atoms with E-state index in [0.29, 0.717) is 5.75 Å². The lowest BCUT2D eigenvalue weighted by atomic mass is 10.1. The van der Waals surface area contributed by atoms with Crippen LogP contribution < -0.4 is 9.64 Å². The summed E-state index contributed by atoms with van der Waals surface area (Å²) in [5.41, 5.74) is 1.99. The maximum Gasteiger partial charge on any atom is 0.273 e. The van der Waals surface area contributed by atoms with Gasteiger partial charge in [-0.1, -0.05) is 24.3 Å². The van der Waals surface area contributed by atoms with Crippen molar-refractivity contribution >= 4 is 17.3 Å². The van der Waals surface area contributed by atoms with Crippen LogP contribution in [0.1, 0.15) is 12.5 Å². The summed E-state index contributed by atoms with van der Waals surface area (Å²) in [7, 11) is 0. The number of carbonyl (C=O) groups excluding carboxylic acids is 1. The third-order valence-electron chi connectivity index (χ3n) is 3.87. The molecular weight excluding hydrogens is 296 g/mol. The molecule has 1 aliphatic rings. The monoisotopic (exact) mass is 312 g/mol. The lowest BCUT2D eigenvalue weighted by Gasteiger charge is -2.22. The second-order valence-electron chi connectivity index (χ2n) is 5.49. The van der Waals surface area contributed by atoms with E-state index in [9.17, 15) is 14.9 Å². The molecule has 0 saturated carbocycles. The Morgan fingerprint density at radius 2 is 2.09 bits per heavy atom. The zero-order valence-electron chi connectivity index (χ0n) is 12.6. The van der Waals surface area contributed by atoms with Gasteiger partial charge in [0.25, 0.3) is 11.6 Å². The minimum absolute atomic E-state index is 0.0603. The van der Waals surface area contributed by atoms with Crippen LogP contribution in [0.25, 0.3) is 0 Å². The Balaban J connectivity index is 1.71. The first-order chi connectivity index (χ1) is 11.1. The van der Waals surface area contributed by atoms with Crippen LogP contribution in [-0.2, 0) is 11.2 Å². The number of para-hydroxylation sites is 1. The molecule has 1 aliphatic heterocycles. The molecule has 1 atom stereocenters. The second-order valence-corrected chi connectivity index (χ2v) is 5.49. The first-order valence-corrected chi connectivity index (χ1v) is 7.33. The van der Waals surface area contributed by atoms with Crippen LogP contribution in [-0.4, -0.2) is 23.5 Å². The Morgan fingerprint density at radius 3 is 2.87 bits per heavy atom. The minimum atomic E-state index is -0.493. The largest absolute Gasteiger partial charge is 0.483 e. The molecule has 1 amide bonds. The van der Waals surface area contributed by atoms with E-state index < -0.39 is 4.92 Å². The maximum atomic E-state index is 12.5. The van der Waals surface area contributed by atoms with Crippen molar-refractivity contribution in [2.75, 3.05) is 11.5 Å². The molecule has 118 valence electrons. The molecule has 2 aromatic carbocycles. The zero-order chi connectivity index (χ0) is 16.4. The van der Waals surface area contributed by atoms with Gasteiger partial charge in [-0.15, -0.1) is 0 Å². The van der Waals surface area contributed by atoms with Gasteiger partial charge in [-0.3, -0.25) is 14.9 Å². The predicted octanol–water partition coefficient (Wildman–Crippen LogP) is 2.95. The maximum absolute atomic E-state index is 12.5. The Morgan fingerprint density at radius 1 is 1.30 bits per heavy atom. The molecule has 6 heteroatoms. The smallest absolute Gasteiger partial charge is 0.273 e. The number of hydrogen-bond acceptors (Lipinski definition) is 4. The topological polar surface area (TPSA) is 72.7 Å². The summed E-state index contributed by atoms with van der Waals surface area (Å²) < 4.78 is 5.44. The number of ether oxygens (including phenoxy) is 1. The highest BCUT2D eigenvalue weighted by Gasteiger charge is 2.30. The highest BCUT2D eigenvalue weighted by atomic mass is 16.6. The molecule has 0 spiro atoms. The lowest BCUT2D eigenvalue weighted by Crippen LogP contribution is -2.39. The number of nitro groups is 1. The third kappa shape index (κ3) is 3.01. The van der Waals surface area contributed by atoms with Gasteiger partial charge in [-0.25, -0.2) is 0 Å². The SMILES string of the molecule is CC1Cc2ccccc2N1C(=O)COc1cccc([N+](=O)[O-])c1. The van der Waals surface area contributed by atoms with Crippen molar-refractivity contribution in [3.63, 3.8) is 0 Å². The summed E-state index contributed by atoms with van der Waals surface area (Å²) in [6.07, 6.45) is 0.818. The van der Waals surface area contributed by atoms with Gasteiger partial charge in [-0.2, -0.15) is 0 Å². The highest BCUT2D eigenvalue weighted by molar-refractivity contribution is 5.97. The summed E-state index contributed by atoms with van der Waals surface area (Å²) in [6.45, 7) is 1.84. The number of hydrogen-bond donors (Lipinski definition) is 0. The van der Waals surface area contributed by atoms with Crippen LogP contribution in [0.5, 0.6) is 5.75 Å². The van der Waals surface area contributed by atoms with Gasteiger partial charge in [0, 0.05) is 17.8 Å². The molecule has 0 bridgehead atoms. The number of anilines is 1. The average molecular weight is 312 g/mol. The minimum Gasteiger partial charge on any atom is -0.483 e. The summed E-state index contributed by atoms with van der Waals surface area (Å²) in [5.74, 6) is 0.154. The van der Waals surface area contributed by atoms with Crippen LogP contribution in [0.3, 0.4) is 0 Å². The molecule has 0 aliphatic carbocycles. The first-order valence-electron chi connectivity index (χ1n) is 7.33. The number of non-ortho nitro benzene ring substituents is 1. The number of fused-ring (bicyclic) bond motifs is 1. The number of carbonyl (C=O) groups is 1. The average Bonchev–Trinajstić information content (AvgIpc) is 2.88. The Kier molecular flexibility index (Phi) is 3.97. The van der Waals surface area contributed by atoms with Crippen molar-refractivity contribution in [3.8, 4) is 5.75 Å². The molecule has 0 N–H and O–H groups in total. The van der Waals surface area contributed by atoms with E-state index >= 15 is 0 Å². The highest BCUT2D eigenvalue weighted by Crippen LogP contribution is 2.31. The Hall–Kier alpha value is -2.89. The van der Waals surface area contributed by atoms with E-state index in [1.54, 1.807) is 11.0 Å². The Bertz CT molecular complexity index is 760. The molecule has 1 unspecified atom stereocenters. The molecule has 3 rings (SSSR count). The fourth-order valence-corrected chi connectivity index (χ4v) is 2.85. The van der Waals surface area contributed by atoms with Crippen LogP contribution in [0.15, 0.2) is 48.5 Å². The third-order valence-corrected chi connectivity index (χ3v) is 3.87. The van der Waals surface area contributed by atoms with Crippen LogP contribution >= 0.6 is 0 Å². The summed E-state index contributed by atoms with van der Waals surface area (Å²) >= 11 is 0. The van der Waals surface area contributed by atoms with Crippen molar-refractivity contribution in [1.82, 2.24) is 0 Å². The van der Waals surface area contributed by atoms with Gasteiger partial charge in [0.15, 0.2) is 6.61 Å². The number of nitrogens with zero attached hydrogens (tertiary/aromatic N) is 2. The molecular formula is C17H16N2O4. The second kappa shape index (κ2) is 6.08. The van der Waals surface area contributed by atoms with Crippen LogP contribution in [0.2, 0.25) is 0 Å². The molecule has 0 radical (unpaired) electrons. The standard InChI is InChI=1S/C17H16N2O4/c1-12-9-13-5-2-3-8-16(13)18(12)17(20)11-23-15-7-4-6-14(10-15)19(21)22/h2-8,10,12H,9,11H2,1H3. The van der Waals surface area contributed by atoms with Gasteiger partial charge in [0.1, 0.15) is 5.75 Å². The van der Waals surface area contributed by atoms with E-state index in [0.717, 1.165) is 17.7 Å². The van der Waals surface area contributed by atoms with E-state index in [1.165, 1.54) is 18.2 Å². The summed E-state index contributed by atoms with van der Waals surface area (Å²) in [6, 6.07) is 13.7. The number of benzene rings is 2. The van der Waals surface area contributed by atoms with Gasteiger partial charge in [-0.05, 0) is 31.0 Å². The van der Waals surface area contributed by atoms with Crippen LogP contribution in [0.4, 0.5) is 11.4 Å². The van der Waals surface area contributed by atoms with Crippen molar-refractivity contribution in [2.24, 2.45) is 0 Å². The number of rotatable bonds is 4. The lowest BCUT2D eigenvalue weighted by molar-refractivity contribution is -0.384.